The summed E-state index contributed by atoms with van der Waals surface area (Å²) in [6, 6.07) is 63.9. The Kier molecular flexibility index (Phi) is 22.3. The highest BCUT2D eigenvalue weighted by molar-refractivity contribution is 5.63. The molecule has 0 saturated carbocycles. The average Bonchev–Trinajstić information content (AvgIpc) is 1.55. The molecule has 584 valence electrons. The molecule has 20 bridgehead atoms. The Hall–Kier alpha value is -12.5. The number of aromatic hydroxyl groups is 2. The van der Waals surface area contributed by atoms with E-state index in [9.17, 15) is 30.4 Å². The first-order chi connectivity index (χ1) is 55.2. The smallest absolute Gasteiger partial charge is 0.269 e. The summed E-state index contributed by atoms with van der Waals surface area (Å²) in [6.45, 7) is 16.0. The molecule has 24 heteroatoms. The molecule has 18 rings (SSSR count). The van der Waals surface area contributed by atoms with Crippen LogP contribution in [-0.4, -0.2) is 119 Å². The molecule has 6 N–H and O–H groups in total. The molecule has 5 aliphatic heterocycles. The van der Waals surface area contributed by atoms with Gasteiger partial charge >= 0.3 is 0 Å². The number of aromatic amines is 4. The second-order valence-electron chi connectivity index (χ2n) is 30.2. The largest absolute Gasteiger partial charge is 0.507 e. The first-order valence-electron chi connectivity index (χ1n) is 38.3. The second-order valence-corrected chi connectivity index (χ2v) is 30.2. The number of phenolic OH excluding ortho intramolecular Hbond substituents is 2. The Labute approximate surface area is 659 Å². The molecule has 0 amide bonds. The number of non-ortho nitro benzene ring substituents is 2. The summed E-state index contributed by atoms with van der Waals surface area (Å²) < 4.78 is 51.9. The van der Waals surface area contributed by atoms with E-state index < -0.39 is 31.5 Å². The first-order valence-corrected chi connectivity index (χ1v) is 38.3. The van der Waals surface area contributed by atoms with E-state index in [1.54, 1.807) is 24.3 Å². The predicted octanol–water partition coefficient (Wildman–Crippen LogP) is 18.7. The second kappa shape index (κ2) is 33.1. The summed E-state index contributed by atoms with van der Waals surface area (Å²) in [4.78, 5) is 38.1. The summed E-state index contributed by atoms with van der Waals surface area (Å²) in [7, 11) is 0. The SMILES string of the molecule is CC1(C)c2ccc([nH]2)C2(C)c3ccc([nH]3)C(C)(C)c3ccc([nH]3)C(C)(c3ccc1[nH]3)c1ccccc1OCCOCCOCCOc1c3cccc1Cc1cc(N=Nc4ccc([N+](=O)[O-])cc4)cc(c1O)Cc1cccc(c1OCCOCCOCCOc1ccccc12)Cc1cc(N=Nc2ccc([N+](=O)[O-])cc2)cc(c1O)C3. The number of ether oxygens (including phenoxy) is 8. The van der Waals surface area contributed by atoms with Crippen LogP contribution in [0.4, 0.5) is 34.1 Å². The zero-order chi connectivity index (χ0) is 79.1. The van der Waals surface area contributed by atoms with Crippen molar-refractivity contribution in [2.45, 2.75) is 88.9 Å². The van der Waals surface area contributed by atoms with Crippen LogP contribution in [0.2, 0.25) is 0 Å². The lowest BCUT2D eigenvalue weighted by Gasteiger charge is -2.33. The molecule has 0 saturated heterocycles. The van der Waals surface area contributed by atoms with Gasteiger partial charge in [-0.25, -0.2) is 0 Å². The maximum Gasteiger partial charge on any atom is 0.269 e. The van der Waals surface area contributed by atoms with Gasteiger partial charge in [-0.1, -0.05) is 72.8 Å². The number of nitrogens with zero attached hydrogens (tertiary/aromatic N) is 6. The van der Waals surface area contributed by atoms with Crippen molar-refractivity contribution >= 4 is 34.1 Å². The van der Waals surface area contributed by atoms with Crippen molar-refractivity contribution in [3.05, 3.63) is 328 Å². The van der Waals surface area contributed by atoms with Crippen LogP contribution in [0.1, 0.15) is 143 Å². The molecule has 12 aromatic rings. The van der Waals surface area contributed by atoms with Gasteiger partial charge in [0, 0.05) is 140 Å². The number of nitro groups is 2. The van der Waals surface area contributed by atoms with Gasteiger partial charge in [-0.05, 0) is 173 Å². The molecule has 4 aromatic heterocycles. The number of nitrogens with one attached hydrogen (secondary N) is 4. The van der Waals surface area contributed by atoms with Crippen LogP contribution >= 0.6 is 0 Å². The molecule has 0 unspecified atom stereocenters. The van der Waals surface area contributed by atoms with E-state index in [-0.39, 0.29) is 128 Å². The Morgan fingerprint density at radius 2 is 0.588 bits per heavy atom. The number of azo groups is 2. The summed E-state index contributed by atoms with van der Waals surface area (Å²) in [5.41, 5.74) is 13.4. The number of nitro benzene ring substituents is 2. The molecule has 9 heterocycles. The highest BCUT2D eigenvalue weighted by Crippen LogP contribution is 2.49. The van der Waals surface area contributed by atoms with Crippen LogP contribution in [0.25, 0.3) is 0 Å². The number of H-pyrrole nitrogens is 4. The molecular weight excluding hydrogens is 1450 g/mol. The van der Waals surface area contributed by atoms with Crippen LogP contribution in [0.15, 0.2) is 227 Å². The summed E-state index contributed by atoms with van der Waals surface area (Å²) >= 11 is 0. The zero-order valence-electron chi connectivity index (χ0n) is 64.4. The van der Waals surface area contributed by atoms with Crippen LogP contribution < -0.4 is 18.9 Å². The molecule has 1 aliphatic carbocycles. The van der Waals surface area contributed by atoms with Gasteiger partial charge in [0.25, 0.3) is 11.4 Å². The topological polar surface area (TPSA) is 313 Å². The molecule has 0 radical (unpaired) electrons. The van der Waals surface area contributed by atoms with Crippen LogP contribution in [-0.2, 0) is 66.3 Å². The summed E-state index contributed by atoms with van der Waals surface area (Å²) in [5, 5.41) is 66.8. The fourth-order valence-corrected chi connectivity index (χ4v) is 15.5. The molecule has 8 aromatic carbocycles. The number of para-hydroxylation sites is 4. The maximum absolute atomic E-state index is 12.6. The first kappa shape index (κ1) is 76.9. The van der Waals surface area contributed by atoms with Gasteiger partial charge in [-0.3, -0.25) is 20.2 Å². The highest BCUT2D eigenvalue weighted by atomic mass is 16.6. The molecule has 0 atom stereocenters. The Bertz CT molecular complexity index is 5020. The third kappa shape index (κ3) is 16.0. The van der Waals surface area contributed by atoms with Gasteiger partial charge in [-0.15, -0.1) is 0 Å². The third-order valence-electron chi connectivity index (χ3n) is 22.2. The number of aromatic nitrogens is 4. The predicted molar refractivity (Wildman–Crippen MR) is 432 cm³/mol. The highest BCUT2D eigenvalue weighted by Gasteiger charge is 2.43. The average molecular weight is 1540 g/mol. The summed E-state index contributed by atoms with van der Waals surface area (Å²) in [6.07, 6.45) is 0.538. The van der Waals surface area contributed by atoms with E-state index in [1.807, 2.05) is 72.8 Å². The molecule has 0 spiro atoms. The van der Waals surface area contributed by atoms with Crippen molar-refractivity contribution in [1.82, 2.24) is 19.9 Å². The van der Waals surface area contributed by atoms with Gasteiger partial charge in [0.15, 0.2) is 0 Å². The molecule has 114 heavy (non-hydrogen) atoms. The van der Waals surface area contributed by atoms with Gasteiger partial charge in [0.1, 0.15) is 60.9 Å². The van der Waals surface area contributed by atoms with Crippen LogP contribution in [0.5, 0.6) is 34.5 Å². The van der Waals surface area contributed by atoms with Crippen molar-refractivity contribution in [2.24, 2.45) is 20.5 Å². The van der Waals surface area contributed by atoms with Crippen molar-refractivity contribution in [2.75, 3.05) is 79.3 Å². The van der Waals surface area contributed by atoms with Gasteiger partial charge in [-0.2, -0.15) is 20.5 Å². The Morgan fingerprint density at radius 1 is 0.316 bits per heavy atom. The van der Waals surface area contributed by atoms with E-state index in [0.717, 1.165) is 56.7 Å². The van der Waals surface area contributed by atoms with E-state index in [0.29, 0.717) is 90.3 Å². The fourth-order valence-electron chi connectivity index (χ4n) is 15.5. The lowest BCUT2D eigenvalue weighted by Crippen LogP contribution is -2.30. The van der Waals surface area contributed by atoms with Crippen molar-refractivity contribution in [3.8, 4) is 34.5 Å². The van der Waals surface area contributed by atoms with E-state index in [1.165, 1.54) is 48.5 Å². The minimum Gasteiger partial charge on any atom is -0.507 e. The molecule has 0 fully saturated rings. The molecule has 24 nitrogen and oxygen atoms in total. The Balaban J connectivity index is 0.770. The lowest BCUT2D eigenvalue weighted by molar-refractivity contribution is -0.385. The van der Waals surface area contributed by atoms with Crippen molar-refractivity contribution in [1.29, 1.82) is 0 Å². The van der Waals surface area contributed by atoms with E-state index in [4.69, 9.17) is 37.9 Å². The number of benzene rings is 8. The standard InChI is InChI=1S/C90H90N10O14/c1-87(2)75-29-33-79(91-75)89(5)71-17-7-9-19-73(71)111-45-41-107-37-39-109-43-47-113-85-57-13-11-14-58(85)50-62-54-68(98-96-66-23-27-70(28-24-66)100(105)106)56-64(84(62)102)52-60-16-12-15-59(51-63-55-67(53-61(49-57)83(63)101)97-95-65-21-25-69(26-22-65)99(103)104)86(60)114-48-44-110-40-38-108-42-46-112-74-20-10-8-18-72(74)90(6,80-34-30-76(87)92-80)82-36-32-78(94-82)88(3,4)77-31-35-81(89)93-77/h7-36,53-56,91-94,101-102H,37-52H2,1-6H3. The Morgan fingerprint density at radius 3 is 0.895 bits per heavy atom. The van der Waals surface area contributed by atoms with E-state index >= 15 is 0 Å². The summed E-state index contributed by atoms with van der Waals surface area (Å²) in [5.74, 6) is 2.40. The van der Waals surface area contributed by atoms with Crippen LogP contribution in [0, 0.1) is 20.2 Å². The lowest BCUT2D eigenvalue weighted by atomic mass is 9.76. The normalized spacial score (nSPS) is 18.4. The number of hydrogen-bond donors (Lipinski definition) is 6. The van der Waals surface area contributed by atoms with Crippen molar-refractivity contribution in [3.63, 3.8) is 0 Å². The fraction of sp³-hybridized carbons (Fsp3) is 0.289. The van der Waals surface area contributed by atoms with Gasteiger partial charge < -0.3 is 68.0 Å². The number of rotatable bonds is 6. The number of phenols is 2. The maximum atomic E-state index is 12.6. The van der Waals surface area contributed by atoms with E-state index in [2.05, 4.69) is 143 Å². The molecule has 6 aliphatic rings. The monoisotopic (exact) mass is 1530 g/mol. The van der Waals surface area contributed by atoms with Gasteiger partial charge in [0.2, 0.25) is 0 Å². The third-order valence-corrected chi connectivity index (χ3v) is 22.2. The minimum absolute atomic E-state index is 0.00604. The van der Waals surface area contributed by atoms with Crippen molar-refractivity contribution < 1.29 is 58.0 Å². The zero-order valence-corrected chi connectivity index (χ0v) is 64.4. The number of hydrogen-bond acceptors (Lipinski definition) is 18. The minimum atomic E-state index is -0.782. The quantitative estimate of drug-likeness (QED) is 0.0512. The van der Waals surface area contributed by atoms with Crippen LogP contribution in [0.3, 0.4) is 0 Å². The molecular formula is C90H90N10O14. The van der Waals surface area contributed by atoms with Gasteiger partial charge in [0.05, 0.1) is 96.3 Å².